The highest BCUT2D eigenvalue weighted by molar-refractivity contribution is 7.90. The SMILES string of the molecule is CC1C2CC(C=C2c2ccccc2CN2CCN(c3ccc(C(=O)NS(=O)(=O)c4ccc(NCC5CCOCC5)c([N+](=O)[O-])c4)cc3)CC2)C1(C)C. The fraction of sp³-hybridized carbons (Fsp3) is 0.475. The molecule has 2 heterocycles. The van der Waals surface area contributed by atoms with E-state index >= 15 is 0 Å². The van der Waals surface area contributed by atoms with Crippen LogP contribution in [0.3, 0.4) is 0 Å². The van der Waals surface area contributed by atoms with Crippen LogP contribution in [-0.2, 0) is 21.3 Å². The Bertz CT molecular complexity index is 1950. The van der Waals surface area contributed by atoms with Crippen molar-refractivity contribution < 1.29 is 22.9 Å². The lowest BCUT2D eigenvalue weighted by molar-refractivity contribution is -0.384. The van der Waals surface area contributed by atoms with E-state index in [9.17, 15) is 23.3 Å². The number of carbonyl (C=O) groups excluding carboxylic acids is 1. The highest BCUT2D eigenvalue weighted by atomic mass is 32.2. The molecule has 3 unspecified atom stereocenters. The molecule has 1 amide bonds. The van der Waals surface area contributed by atoms with Gasteiger partial charge in [0.2, 0.25) is 0 Å². The number of ether oxygens (including phenoxy) is 1. The summed E-state index contributed by atoms with van der Waals surface area (Å²) in [6.45, 7) is 13.4. The predicted octanol–water partition coefficient (Wildman–Crippen LogP) is 6.57. The van der Waals surface area contributed by atoms with E-state index in [4.69, 9.17) is 4.74 Å². The van der Waals surface area contributed by atoms with Crippen LogP contribution in [-0.4, -0.2) is 70.1 Å². The Hall–Kier alpha value is -4.26. The van der Waals surface area contributed by atoms with Crippen molar-refractivity contribution in [2.45, 2.75) is 51.5 Å². The maximum atomic E-state index is 13.1. The summed E-state index contributed by atoms with van der Waals surface area (Å²) in [6.07, 6.45) is 5.52. The Morgan fingerprint density at radius 2 is 1.71 bits per heavy atom. The average Bonchev–Trinajstić information content (AvgIpc) is 3.68. The van der Waals surface area contributed by atoms with Crippen LogP contribution in [0, 0.1) is 39.2 Å². The number of hydrogen-bond acceptors (Lipinski definition) is 9. The van der Waals surface area contributed by atoms with Crippen molar-refractivity contribution in [3.8, 4) is 0 Å². The van der Waals surface area contributed by atoms with Crippen LogP contribution in [0.5, 0.6) is 0 Å². The Morgan fingerprint density at radius 3 is 2.38 bits per heavy atom. The third-order valence-corrected chi connectivity index (χ3v) is 13.6. The second kappa shape index (κ2) is 14.6. The fourth-order valence-electron chi connectivity index (χ4n) is 8.54. The van der Waals surface area contributed by atoms with Crippen LogP contribution >= 0.6 is 0 Å². The molecule has 12 heteroatoms. The van der Waals surface area contributed by atoms with Gasteiger partial charge >= 0.3 is 0 Å². The zero-order chi connectivity index (χ0) is 36.6. The van der Waals surface area contributed by atoms with E-state index in [-0.39, 0.29) is 21.8 Å². The molecule has 0 spiro atoms. The molecule has 2 aliphatic heterocycles. The number of amides is 1. The van der Waals surface area contributed by atoms with E-state index < -0.39 is 20.9 Å². The van der Waals surface area contributed by atoms with Gasteiger partial charge in [0.25, 0.3) is 21.6 Å². The van der Waals surface area contributed by atoms with Crippen LogP contribution in [0.2, 0.25) is 0 Å². The van der Waals surface area contributed by atoms with Gasteiger partial charge in [0.05, 0.1) is 9.82 Å². The van der Waals surface area contributed by atoms with E-state index in [1.54, 1.807) is 12.1 Å². The standard InChI is InChI=1S/C40H49N5O6S/c1-27-35-22-31(40(27,2)3)23-36(35)34-7-5-4-6-30(34)26-43-16-18-44(19-17-43)32-10-8-29(9-11-32)39(46)42-52(49,50)33-12-13-37(38(24-33)45(47)48)41-25-28-14-20-51-21-15-28/h4-13,23-24,27-28,31,35,41H,14-22,25-26H2,1-3H3,(H,42,46). The number of nitrogens with zero attached hydrogens (tertiary/aromatic N) is 3. The summed E-state index contributed by atoms with van der Waals surface area (Å²) < 4.78 is 33.7. The van der Waals surface area contributed by atoms with Crippen molar-refractivity contribution >= 4 is 38.6 Å². The molecule has 0 aromatic heterocycles. The highest BCUT2D eigenvalue weighted by Gasteiger charge is 2.51. The third-order valence-electron chi connectivity index (χ3n) is 12.2. The number of carbonyl (C=O) groups is 1. The van der Waals surface area contributed by atoms with E-state index in [1.807, 2.05) is 12.1 Å². The predicted molar refractivity (Wildman–Crippen MR) is 203 cm³/mol. The van der Waals surface area contributed by atoms with Crippen LogP contribution in [0.1, 0.15) is 61.5 Å². The topological polar surface area (TPSA) is 134 Å². The second-order valence-electron chi connectivity index (χ2n) is 15.5. The number of fused-ring (bicyclic) bond motifs is 2. The van der Waals surface area contributed by atoms with Gasteiger partial charge in [-0.25, -0.2) is 13.1 Å². The number of sulfonamides is 1. The molecule has 1 saturated carbocycles. The van der Waals surface area contributed by atoms with Gasteiger partial charge < -0.3 is 15.0 Å². The van der Waals surface area contributed by atoms with Crippen molar-refractivity contribution in [2.24, 2.45) is 29.1 Å². The summed E-state index contributed by atoms with van der Waals surface area (Å²) in [5.74, 6) is 1.46. The Labute approximate surface area is 306 Å². The molecule has 7 rings (SSSR count). The van der Waals surface area contributed by atoms with Crippen LogP contribution in [0.25, 0.3) is 5.57 Å². The number of benzene rings is 3. The molecule has 3 atom stereocenters. The lowest BCUT2D eigenvalue weighted by Crippen LogP contribution is -2.46. The molecular weight excluding hydrogens is 679 g/mol. The highest BCUT2D eigenvalue weighted by Crippen LogP contribution is 2.60. The number of piperazine rings is 1. The van der Waals surface area contributed by atoms with E-state index in [0.29, 0.717) is 48.8 Å². The van der Waals surface area contributed by atoms with Gasteiger partial charge in [-0.3, -0.25) is 19.8 Å². The Kier molecular flexibility index (Phi) is 10.2. The molecule has 52 heavy (non-hydrogen) atoms. The van der Waals surface area contributed by atoms with Crippen molar-refractivity contribution in [3.63, 3.8) is 0 Å². The molecule has 0 radical (unpaired) electrons. The van der Waals surface area contributed by atoms with E-state index in [2.05, 4.69) is 71.0 Å². The molecule has 2 saturated heterocycles. The van der Waals surface area contributed by atoms with Crippen LogP contribution in [0.15, 0.2) is 77.7 Å². The van der Waals surface area contributed by atoms with Crippen molar-refractivity contribution in [2.75, 3.05) is 56.2 Å². The summed E-state index contributed by atoms with van der Waals surface area (Å²) >= 11 is 0. The van der Waals surface area contributed by atoms with Crippen molar-refractivity contribution in [3.05, 3.63) is 99.6 Å². The summed E-state index contributed by atoms with van der Waals surface area (Å²) in [5, 5.41) is 14.9. The van der Waals surface area contributed by atoms with Crippen molar-refractivity contribution in [1.29, 1.82) is 0 Å². The third kappa shape index (κ3) is 7.33. The number of nitro benzene ring substituents is 1. The largest absolute Gasteiger partial charge is 0.381 e. The number of nitrogens with one attached hydrogen (secondary N) is 2. The first kappa shape index (κ1) is 36.1. The quantitative estimate of drug-likeness (QED) is 0.166. The number of nitro groups is 1. The van der Waals surface area contributed by atoms with Gasteiger partial charge in [-0.2, -0.15) is 0 Å². The molecule has 276 valence electrons. The Morgan fingerprint density at radius 1 is 1.00 bits per heavy atom. The molecule has 11 nitrogen and oxygen atoms in total. The number of allylic oxidation sites excluding steroid dienone is 2. The normalized spacial score (nSPS) is 23.3. The fourth-order valence-corrected chi connectivity index (χ4v) is 9.53. The lowest BCUT2D eigenvalue weighted by atomic mass is 9.69. The summed E-state index contributed by atoms with van der Waals surface area (Å²) in [5.41, 5.74) is 5.70. The minimum Gasteiger partial charge on any atom is -0.381 e. The van der Waals surface area contributed by atoms with Gasteiger partial charge in [-0.1, -0.05) is 51.1 Å². The second-order valence-corrected chi connectivity index (χ2v) is 17.1. The Balaban J connectivity index is 0.941. The molecule has 4 aliphatic rings. The maximum Gasteiger partial charge on any atom is 0.293 e. The average molecular weight is 728 g/mol. The van der Waals surface area contributed by atoms with Crippen LogP contribution < -0.4 is 14.9 Å². The van der Waals surface area contributed by atoms with Gasteiger partial charge in [-0.15, -0.1) is 0 Å². The molecule has 3 fully saturated rings. The van der Waals surface area contributed by atoms with Gasteiger partial charge in [0.1, 0.15) is 5.69 Å². The molecule has 2 bridgehead atoms. The van der Waals surface area contributed by atoms with Gasteiger partial charge in [0, 0.05) is 69.8 Å². The summed E-state index contributed by atoms with van der Waals surface area (Å²) in [6, 6.07) is 19.4. The summed E-state index contributed by atoms with van der Waals surface area (Å²) in [7, 11) is -4.37. The first-order valence-corrected chi connectivity index (χ1v) is 19.9. The number of rotatable bonds is 11. The first-order valence-electron chi connectivity index (χ1n) is 18.5. The van der Waals surface area contributed by atoms with Gasteiger partial charge in [0.15, 0.2) is 0 Å². The molecule has 2 aliphatic carbocycles. The molecule has 3 aromatic carbocycles. The number of hydrogen-bond donors (Lipinski definition) is 2. The van der Waals surface area contributed by atoms with E-state index in [1.165, 1.54) is 35.3 Å². The monoisotopic (exact) mass is 727 g/mol. The van der Waals surface area contributed by atoms with Crippen LogP contribution in [0.4, 0.5) is 17.1 Å². The zero-order valence-electron chi connectivity index (χ0n) is 30.2. The minimum atomic E-state index is -4.37. The lowest BCUT2D eigenvalue weighted by Gasteiger charge is -2.37. The van der Waals surface area contributed by atoms with E-state index in [0.717, 1.165) is 57.3 Å². The maximum absolute atomic E-state index is 13.1. The van der Waals surface area contributed by atoms with Gasteiger partial charge in [-0.05, 0) is 101 Å². The number of anilines is 2. The minimum absolute atomic E-state index is 0.180. The van der Waals surface area contributed by atoms with Crippen molar-refractivity contribution in [1.82, 2.24) is 9.62 Å². The molecule has 3 aromatic rings. The molecule has 2 N–H and O–H groups in total. The summed E-state index contributed by atoms with van der Waals surface area (Å²) in [4.78, 5) is 28.7. The zero-order valence-corrected chi connectivity index (χ0v) is 31.0. The smallest absolute Gasteiger partial charge is 0.293 e. The first-order chi connectivity index (χ1) is 24.9. The molecular formula is C40H49N5O6S.